The molecule has 3 N–H and O–H groups in total. The van der Waals surface area contributed by atoms with Gasteiger partial charge in [-0.05, 0) is 42.5 Å². The molecule has 2 atom stereocenters. The third kappa shape index (κ3) is 4.33. The standard InChI is InChI=1S/C21H17F2N5O3S/c22-12-4-7-17(26-10-12)21(29)27-13-5-6-15(23)14(9-13)18-11-32(30,31)19(20(24)28-18)16-3-1-2-8-25-16/h1-10,18-19H,11H2,(H2,24,28)(H,27,29). The summed E-state index contributed by atoms with van der Waals surface area (Å²) in [4.78, 5) is 24.3. The Kier molecular flexibility index (Phi) is 5.66. The zero-order chi connectivity index (χ0) is 22.9. The highest BCUT2D eigenvalue weighted by Gasteiger charge is 2.39. The minimum absolute atomic E-state index is 0.0409. The molecule has 1 aliphatic heterocycles. The van der Waals surface area contributed by atoms with Gasteiger partial charge < -0.3 is 11.1 Å². The zero-order valence-corrected chi connectivity index (χ0v) is 17.3. The van der Waals surface area contributed by atoms with Crippen molar-refractivity contribution < 1.29 is 22.0 Å². The van der Waals surface area contributed by atoms with Crippen molar-refractivity contribution in [1.82, 2.24) is 9.97 Å². The predicted octanol–water partition coefficient (Wildman–Crippen LogP) is 2.58. The fourth-order valence-electron chi connectivity index (χ4n) is 3.39. The molecule has 32 heavy (non-hydrogen) atoms. The van der Waals surface area contributed by atoms with Crippen molar-refractivity contribution in [1.29, 1.82) is 0 Å². The molecular weight excluding hydrogens is 440 g/mol. The summed E-state index contributed by atoms with van der Waals surface area (Å²) < 4.78 is 53.4. The first-order chi connectivity index (χ1) is 15.2. The number of sulfone groups is 1. The Hall–Kier alpha value is -3.73. The Morgan fingerprint density at radius 1 is 1.09 bits per heavy atom. The van der Waals surface area contributed by atoms with Crippen molar-refractivity contribution in [3.05, 3.63) is 89.5 Å². The second-order valence-electron chi connectivity index (χ2n) is 7.09. The van der Waals surface area contributed by atoms with Gasteiger partial charge in [0.1, 0.15) is 23.2 Å². The first kappa shape index (κ1) is 21.5. The minimum atomic E-state index is -3.84. The topological polar surface area (TPSA) is 127 Å². The van der Waals surface area contributed by atoms with Crippen molar-refractivity contribution >= 4 is 27.3 Å². The molecule has 0 radical (unpaired) electrons. The van der Waals surface area contributed by atoms with Gasteiger partial charge in [-0.15, -0.1) is 0 Å². The van der Waals surface area contributed by atoms with Gasteiger partial charge in [0.2, 0.25) is 0 Å². The van der Waals surface area contributed by atoms with E-state index in [0.29, 0.717) is 0 Å². The Balaban J connectivity index is 1.63. The van der Waals surface area contributed by atoms with Crippen LogP contribution in [0.15, 0.2) is 65.9 Å². The van der Waals surface area contributed by atoms with Crippen molar-refractivity contribution in [3.63, 3.8) is 0 Å². The average molecular weight is 457 g/mol. The minimum Gasteiger partial charge on any atom is -0.386 e. The van der Waals surface area contributed by atoms with E-state index in [1.54, 1.807) is 12.1 Å². The summed E-state index contributed by atoms with van der Waals surface area (Å²) in [6.07, 6.45) is 2.35. The number of halogens is 2. The number of anilines is 1. The number of nitrogens with two attached hydrogens (primary N) is 1. The molecule has 0 fully saturated rings. The van der Waals surface area contributed by atoms with Crippen LogP contribution in [0.5, 0.6) is 0 Å². The van der Waals surface area contributed by atoms with Crippen molar-refractivity contribution in [3.8, 4) is 0 Å². The Labute approximate surface area is 182 Å². The second-order valence-corrected chi connectivity index (χ2v) is 9.22. The molecule has 4 rings (SSSR count). The molecule has 0 saturated carbocycles. The quantitative estimate of drug-likeness (QED) is 0.620. The van der Waals surface area contributed by atoms with Crippen LogP contribution in [0.4, 0.5) is 14.5 Å². The zero-order valence-electron chi connectivity index (χ0n) is 16.4. The number of nitrogens with zero attached hydrogens (tertiary/aromatic N) is 3. The molecule has 2 aromatic heterocycles. The van der Waals surface area contributed by atoms with Gasteiger partial charge in [0.05, 0.1) is 23.7 Å². The number of amidine groups is 1. The number of rotatable bonds is 4. The summed E-state index contributed by atoms with van der Waals surface area (Å²) in [7, 11) is -3.84. The second kappa shape index (κ2) is 8.42. The van der Waals surface area contributed by atoms with E-state index in [0.717, 1.165) is 18.3 Å². The molecule has 164 valence electrons. The number of aromatic nitrogens is 2. The normalized spacial score (nSPS) is 19.8. The lowest BCUT2D eigenvalue weighted by atomic mass is 10.1. The summed E-state index contributed by atoms with van der Waals surface area (Å²) in [6, 6.07) is 9.69. The molecule has 1 amide bonds. The number of amides is 1. The van der Waals surface area contributed by atoms with Gasteiger partial charge in [0, 0.05) is 17.4 Å². The van der Waals surface area contributed by atoms with E-state index in [2.05, 4.69) is 20.3 Å². The smallest absolute Gasteiger partial charge is 0.274 e. The Morgan fingerprint density at radius 2 is 1.91 bits per heavy atom. The number of pyridine rings is 2. The highest BCUT2D eigenvalue weighted by Crippen LogP contribution is 2.35. The van der Waals surface area contributed by atoms with E-state index in [9.17, 15) is 22.0 Å². The van der Waals surface area contributed by atoms with E-state index < -0.39 is 44.4 Å². The molecule has 3 heterocycles. The third-order valence-corrected chi connectivity index (χ3v) is 6.83. The molecule has 11 heteroatoms. The van der Waals surface area contributed by atoms with Gasteiger partial charge >= 0.3 is 0 Å². The first-order valence-electron chi connectivity index (χ1n) is 9.42. The summed E-state index contributed by atoms with van der Waals surface area (Å²) in [5, 5.41) is 1.31. The van der Waals surface area contributed by atoms with Crippen molar-refractivity contribution in [2.45, 2.75) is 11.3 Å². The number of nitrogens with one attached hydrogen (secondary N) is 1. The largest absolute Gasteiger partial charge is 0.386 e. The van der Waals surface area contributed by atoms with Gasteiger partial charge in [0.15, 0.2) is 15.1 Å². The number of aliphatic imine (C=N–C) groups is 1. The maximum atomic E-state index is 14.6. The van der Waals surface area contributed by atoms with Crippen LogP contribution in [0.3, 0.4) is 0 Å². The fourth-order valence-corrected chi connectivity index (χ4v) is 5.22. The van der Waals surface area contributed by atoms with Gasteiger partial charge in [-0.1, -0.05) is 6.07 Å². The van der Waals surface area contributed by atoms with Crippen LogP contribution < -0.4 is 11.1 Å². The molecule has 0 bridgehead atoms. The molecule has 1 aliphatic rings. The Bertz CT molecular complexity index is 1300. The number of carbonyl (C=O) groups is 1. The lowest BCUT2D eigenvalue weighted by Crippen LogP contribution is -2.37. The molecule has 1 aromatic carbocycles. The van der Waals surface area contributed by atoms with Crippen LogP contribution in [0.25, 0.3) is 0 Å². The lowest BCUT2D eigenvalue weighted by molar-refractivity contribution is 0.102. The molecule has 8 nitrogen and oxygen atoms in total. The van der Waals surface area contributed by atoms with Crippen LogP contribution in [0.1, 0.15) is 33.0 Å². The van der Waals surface area contributed by atoms with E-state index in [1.165, 1.54) is 30.5 Å². The number of carbonyl (C=O) groups excluding carboxylic acids is 1. The molecule has 0 saturated heterocycles. The maximum absolute atomic E-state index is 14.6. The van der Waals surface area contributed by atoms with Crippen LogP contribution in [0, 0.1) is 11.6 Å². The van der Waals surface area contributed by atoms with E-state index in [4.69, 9.17) is 5.73 Å². The number of benzene rings is 1. The molecule has 2 unspecified atom stereocenters. The molecule has 0 aliphatic carbocycles. The fraction of sp³-hybridized carbons (Fsp3) is 0.143. The van der Waals surface area contributed by atoms with Crippen LogP contribution in [-0.4, -0.2) is 35.9 Å². The van der Waals surface area contributed by atoms with Gasteiger partial charge in [-0.2, -0.15) is 0 Å². The number of hydrogen-bond acceptors (Lipinski definition) is 7. The Morgan fingerprint density at radius 3 is 2.56 bits per heavy atom. The van der Waals surface area contributed by atoms with Crippen LogP contribution >= 0.6 is 0 Å². The predicted molar refractivity (Wildman–Crippen MR) is 114 cm³/mol. The first-order valence-corrected chi connectivity index (χ1v) is 11.1. The highest BCUT2D eigenvalue weighted by molar-refractivity contribution is 7.92. The average Bonchev–Trinajstić information content (AvgIpc) is 2.75. The van der Waals surface area contributed by atoms with E-state index in [1.807, 2.05) is 0 Å². The molecular formula is C21H17F2N5O3S. The summed E-state index contributed by atoms with van der Waals surface area (Å²) >= 11 is 0. The van der Waals surface area contributed by atoms with Crippen LogP contribution in [0.2, 0.25) is 0 Å². The van der Waals surface area contributed by atoms with Gasteiger partial charge in [-0.3, -0.25) is 14.8 Å². The summed E-state index contributed by atoms with van der Waals surface area (Å²) in [6.45, 7) is 0. The van der Waals surface area contributed by atoms with Crippen molar-refractivity contribution in [2.24, 2.45) is 10.7 Å². The van der Waals surface area contributed by atoms with Gasteiger partial charge in [-0.25, -0.2) is 22.2 Å². The lowest BCUT2D eigenvalue weighted by Gasteiger charge is -2.26. The van der Waals surface area contributed by atoms with Crippen LogP contribution in [-0.2, 0) is 9.84 Å². The summed E-state index contributed by atoms with van der Waals surface area (Å²) in [5.74, 6) is -2.61. The maximum Gasteiger partial charge on any atom is 0.274 e. The monoisotopic (exact) mass is 457 g/mol. The summed E-state index contributed by atoms with van der Waals surface area (Å²) in [5.41, 5.74) is 6.31. The third-order valence-electron chi connectivity index (χ3n) is 4.85. The van der Waals surface area contributed by atoms with Gasteiger partial charge in [0.25, 0.3) is 5.91 Å². The van der Waals surface area contributed by atoms with E-state index >= 15 is 0 Å². The van der Waals surface area contributed by atoms with E-state index in [-0.39, 0.29) is 28.5 Å². The molecule has 0 spiro atoms. The SMILES string of the molecule is NC1=NC(c2cc(NC(=O)c3ccc(F)cn3)ccc2F)CS(=O)(=O)C1c1ccccn1. The molecule has 3 aromatic rings. The number of hydrogen-bond donors (Lipinski definition) is 2. The highest BCUT2D eigenvalue weighted by atomic mass is 32.2. The van der Waals surface area contributed by atoms with Crippen molar-refractivity contribution in [2.75, 3.05) is 11.1 Å².